The van der Waals surface area contributed by atoms with E-state index in [4.69, 9.17) is 0 Å². The van der Waals surface area contributed by atoms with Crippen LogP contribution in [0.15, 0.2) is 66.0 Å². The average molecular weight is 652 g/mol. The molecule has 15 heteroatoms. The number of carbonyl (C=O) groups excluding carboxylic acids is 3. The molecule has 1 saturated carbocycles. The van der Waals surface area contributed by atoms with Crippen molar-refractivity contribution in [3.8, 4) is 0 Å². The first kappa shape index (κ1) is 32.8. The van der Waals surface area contributed by atoms with Gasteiger partial charge in [-0.3, -0.25) is 19.4 Å². The fourth-order valence-corrected chi connectivity index (χ4v) is 6.77. The third-order valence-corrected chi connectivity index (χ3v) is 9.57. The van der Waals surface area contributed by atoms with E-state index in [1.165, 1.54) is 40.5 Å². The number of likely N-dealkylation sites (tertiary alicyclic amines) is 1. The van der Waals surface area contributed by atoms with Gasteiger partial charge in [0, 0.05) is 51.2 Å². The second kappa shape index (κ2) is 14.6. The predicted molar refractivity (Wildman–Crippen MR) is 167 cm³/mol. The van der Waals surface area contributed by atoms with E-state index < -0.39 is 46.3 Å². The largest absolute Gasteiger partial charge is 0.465 e. The number of amides is 4. The summed E-state index contributed by atoms with van der Waals surface area (Å²) < 4.78 is 29.7. The van der Waals surface area contributed by atoms with Gasteiger partial charge in [-0.1, -0.05) is 30.3 Å². The molecule has 2 atom stereocenters. The molecule has 0 radical (unpaired) electrons. The maximum atomic E-state index is 14.0. The van der Waals surface area contributed by atoms with E-state index in [0.717, 1.165) is 11.8 Å². The van der Waals surface area contributed by atoms with E-state index in [9.17, 15) is 32.7 Å². The smallest absolute Gasteiger partial charge is 0.407 e. The highest BCUT2D eigenvalue weighted by atomic mass is 32.2. The minimum Gasteiger partial charge on any atom is -0.465 e. The van der Waals surface area contributed by atoms with Gasteiger partial charge in [0.25, 0.3) is 5.91 Å². The lowest BCUT2D eigenvalue weighted by molar-refractivity contribution is -0.136. The zero-order valence-corrected chi connectivity index (χ0v) is 26.0. The molecule has 0 spiro atoms. The van der Waals surface area contributed by atoms with Gasteiger partial charge in [-0.25, -0.2) is 18.2 Å². The minimum absolute atomic E-state index is 0.0467. The topological polar surface area (TPSA) is 191 Å². The number of nitrogens with one attached hydrogen (secondary N) is 3. The minimum atomic E-state index is -4.24. The Bertz CT molecular complexity index is 1680. The first-order valence-corrected chi connectivity index (χ1v) is 16.7. The SMILES string of the molecule is O=C(CC(NS(=O)(=O)c1ccc2ccccc2c1)C(=O)N(CCNC(=O)c1cnccn1)C1CC1)NCC1CCCN(C(=O)O)C1. The van der Waals surface area contributed by atoms with Crippen LogP contribution in [-0.2, 0) is 19.6 Å². The number of nitrogens with zero attached hydrogens (tertiary/aromatic N) is 4. The van der Waals surface area contributed by atoms with Crippen LogP contribution in [0.2, 0.25) is 0 Å². The van der Waals surface area contributed by atoms with E-state index in [1.807, 2.05) is 12.1 Å². The Kier molecular flexibility index (Phi) is 10.4. The standard InChI is InChI=1S/C31H37N7O7S/c39-28(35-18-21-4-3-14-37(20-21)31(42)43)17-26(36-46(44,45)25-10-7-22-5-1-2-6-23(22)16-25)30(41)38(24-8-9-24)15-13-34-29(40)27-19-32-11-12-33-27/h1-2,5-7,10-12,16,19,21,24,26,36H,3-4,8-9,13-15,17-18,20H2,(H,34,40)(H,35,39)(H,42,43). The molecule has 14 nitrogen and oxygen atoms in total. The van der Waals surface area contributed by atoms with Crippen molar-refractivity contribution in [1.82, 2.24) is 35.1 Å². The lowest BCUT2D eigenvalue weighted by Gasteiger charge is -2.31. The summed E-state index contributed by atoms with van der Waals surface area (Å²) in [4.78, 5) is 61.6. The first-order valence-electron chi connectivity index (χ1n) is 15.2. The van der Waals surface area contributed by atoms with Crippen LogP contribution in [0.3, 0.4) is 0 Å². The number of carboxylic acid groups (broad SMARTS) is 1. The number of carbonyl (C=O) groups is 4. The van der Waals surface area contributed by atoms with E-state index in [0.29, 0.717) is 31.2 Å². The van der Waals surface area contributed by atoms with Crippen LogP contribution in [0.5, 0.6) is 0 Å². The van der Waals surface area contributed by atoms with Crippen LogP contribution in [-0.4, -0.2) is 102 Å². The summed E-state index contributed by atoms with van der Waals surface area (Å²) in [6, 6.07) is 10.3. The summed E-state index contributed by atoms with van der Waals surface area (Å²) >= 11 is 0. The Morgan fingerprint density at radius 2 is 1.80 bits per heavy atom. The monoisotopic (exact) mass is 651 g/mol. The third kappa shape index (κ3) is 8.54. The van der Waals surface area contributed by atoms with Crippen LogP contribution >= 0.6 is 0 Å². The normalized spacial score (nSPS) is 17.2. The highest BCUT2D eigenvalue weighted by Crippen LogP contribution is 2.28. The summed E-state index contributed by atoms with van der Waals surface area (Å²) in [5.74, 6) is -1.68. The van der Waals surface area contributed by atoms with Crippen molar-refractivity contribution in [2.45, 2.75) is 49.1 Å². The second-order valence-electron chi connectivity index (χ2n) is 11.5. The Balaban J connectivity index is 1.30. The zero-order chi connectivity index (χ0) is 32.7. The van der Waals surface area contributed by atoms with Gasteiger partial charge in [-0.05, 0) is 54.5 Å². The molecule has 2 unspecified atom stereocenters. The van der Waals surface area contributed by atoms with Gasteiger partial charge in [-0.2, -0.15) is 4.72 Å². The molecule has 0 bridgehead atoms. The third-order valence-electron chi connectivity index (χ3n) is 8.10. The van der Waals surface area contributed by atoms with Crippen LogP contribution < -0.4 is 15.4 Å². The lowest BCUT2D eigenvalue weighted by atomic mass is 9.98. The van der Waals surface area contributed by atoms with E-state index in [-0.39, 0.29) is 48.7 Å². The number of piperidine rings is 1. The maximum absolute atomic E-state index is 14.0. The molecule has 2 fully saturated rings. The fourth-order valence-electron chi connectivity index (χ4n) is 5.55. The predicted octanol–water partition coefficient (Wildman–Crippen LogP) is 1.59. The van der Waals surface area contributed by atoms with Gasteiger partial charge in [0.1, 0.15) is 11.7 Å². The van der Waals surface area contributed by atoms with Crippen molar-refractivity contribution >= 4 is 44.6 Å². The fraction of sp³-hybridized carbons (Fsp3) is 0.419. The Hall–Kier alpha value is -4.63. The molecule has 1 saturated heterocycles. The summed E-state index contributed by atoms with van der Waals surface area (Å²) in [6.07, 6.45) is 5.50. The molecule has 2 aromatic carbocycles. The Labute approximate surface area is 266 Å². The van der Waals surface area contributed by atoms with Crippen molar-refractivity contribution < 1.29 is 32.7 Å². The molecular formula is C31H37N7O7S. The van der Waals surface area contributed by atoms with Gasteiger partial charge in [0.05, 0.1) is 17.5 Å². The van der Waals surface area contributed by atoms with Gasteiger partial charge >= 0.3 is 6.09 Å². The van der Waals surface area contributed by atoms with E-state index in [2.05, 4.69) is 25.3 Å². The molecule has 244 valence electrons. The van der Waals surface area contributed by atoms with Gasteiger partial charge in [-0.15, -0.1) is 0 Å². The number of hydrogen-bond acceptors (Lipinski definition) is 8. The van der Waals surface area contributed by atoms with Gasteiger partial charge < -0.3 is 25.5 Å². The summed E-state index contributed by atoms with van der Waals surface area (Å²) in [6.45, 7) is 1.08. The maximum Gasteiger partial charge on any atom is 0.407 e. The molecule has 1 aliphatic carbocycles. The van der Waals surface area contributed by atoms with E-state index in [1.54, 1.807) is 18.2 Å². The summed E-state index contributed by atoms with van der Waals surface area (Å²) in [7, 11) is -4.24. The Morgan fingerprint density at radius 1 is 1.02 bits per heavy atom. The number of hydrogen-bond donors (Lipinski definition) is 4. The second-order valence-corrected chi connectivity index (χ2v) is 13.3. The highest BCUT2D eigenvalue weighted by Gasteiger charge is 2.38. The molecule has 1 aromatic heterocycles. The summed E-state index contributed by atoms with van der Waals surface area (Å²) in [5, 5.41) is 16.4. The van der Waals surface area contributed by atoms with Gasteiger partial charge in [0.2, 0.25) is 21.8 Å². The van der Waals surface area contributed by atoms with Crippen molar-refractivity contribution in [2.24, 2.45) is 5.92 Å². The quantitative estimate of drug-likeness (QED) is 0.213. The van der Waals surface area contributed by atoms with Crippen molar-refractivity contribution in [1.29, 1.82) is 0 Å². The molecule has 4 amide bonds. The lowest BCUT2D eigenvalue weighted by Crippen LogP contribution is -2.52. The Morgan fingerprint density at radius 3 is 2.52 bits per heavy atom. The molecule has 4 N–H and O–H groups in total. The number of sulfonamides is 1. The number of benzene rings is 2. The zero-order valence-electron chi connectivity index (χ0n) is 25.2. The average Bonchev–Trinajstić information content (AvgIpc) is 3.91. The first-order chi connectivity index (χ1) is 22.1. The van der Waals surface area contributed by atoms with Crippen LogP contribution in [0, 0.1) is 5.92 Å². The molecular weight excluding hydrogens is 614 g/mol. The number of rotatable bonds is 13. The molecule has 2 heterocycles. The summed E-state index contributed by atoms with van der Waals surface area (Å²) in [5.41, 5.74) is 0.119. The molecule has 3 aromatic rings. The molecule has 2 aliphatic rings. The highest BCUT2D eigenvalue weighted by molar-refractivity contribution is 7.89. The van der Waals surface area contributed by atoms with Crippen molar-refractivity contribution in [2.75, 3.05) is 32.7 Å². The van der Waals surface area contributed by atoms with Crippen LogP contribution in [0.4, 0.5) is 4.79 Å². The molecule has 1 aliphatic heterocycles. The van der Waals surface area contributed by atoms with Crippen LogP contribution in [0.1, 0.15) is 42.6 Å². The number of aromatic nitrogens is 2. The van der Waals surface area contributed by atoms with Gasteiger partial charge in [0.15, 0.2) is 0 Å². The van der Waals surface area contributed by atoms with Crippen LogP contribution in [0.25, 0.3) is 10.8 Å². The number of fused-ring (bicyclic) bond motifs is 1. The molecule has 46 heavy (non-hydrogen) atoms. The van der Waals surface area contributed by atoms with Crippen molar-refractivity contribution in [3.63, 3.8) is 0 Å². The van der Waals surface area contributed by atoms with E-state index >= 15 is 0 Å². The van der Waals surface area contributed by atoms with Crippen molar-refractivity contribution in [3.05, 3.63) is 66.7 Å². The molecule has 5 rings (SSSR count).